The number of benzene rings is 4. The minimum Gasteiger partial charge on any atom is -0.307 e. The van der Waals surface area contributed by atoms with Crippen LogP contribution in [-0.4, -0.2) is 4.40 Å². The molecule has 0 radical (unpaired) electrons. The van der Waals surface area contributed by atoms with E-state index in [1.54, 1.807) is 0 Å². The molecule has 0 amide bonds. The summed E-state index contributed by atoms with van der Waals surface area (Å²) in [6.07, 6.45) is 3.30. The van der Waals surface area contributed by atoms with Crippen molar-refractivity contribution in [1.29, 1.82) is 0 Å². The van der Waals surface area contributed by atoms with Gasteiger partial charge in [0.05, 0.1) is 27.3 Å². The fourth-order valence-corrected chi connectivity index (χ4v) is 6.74. The first-order chi connectivity index (χ1) is 17.1. The van der Waals surface area contributed by atoms with E-state index in [9.17, 15) is 0 Å². The summed E-state index contributed by atoms with van der Waals surface area (Å²) >= 11 is 0. The van der Waals surface area contributed by atoms with E-state index in [1.165, 1.54) is 82.0 Å². The van der Waals surface area contributed by atoms with Crippen LogP contribution in [0.25, 0.3) is 59.8 Å². The highest BCUT2D eigenvalue weighted by molar-refractivity contribution is 6.28. The summed E-state index contributed by atoms with van der Waals surface area (Å²) in [5.41, 5.74) is 11.0. The number of hydrogen-bond donors (Lipinski definition) is 0. The second-order valence-electron chi connectivity index (χ2n) is 12.1. The van der Waals surface area contributed by atoms with Crippen LogP contribution in [0.4, 0.5) is 0 Å². The van der Waals surface area contributed by atoms with Crippen LogP contribution in [0.15, 0.2) is 60.8 Å². The highest BCUT2D eigenvalue weighted by Gasteiger charge is 2.26. The smallest absolute Gasteiger partial charge is 0.224 e. The molecular weight excluding hydrogens is 436 g/mol. The molecular formula is C34H33N2+. The maximum atomic E-state index is 2.58. The molecule has 178 valence electrons. The first-order valence-corrected chi connectivity index (χ1v) is 13.1. The monoisotopic (exact) mass is 469 g/mol. The van der Waals surface area contributed by atoms with E-state index in [4.69, 9.17) is 0 Å². The molecule has 0 aliphatic rings. The van der Waals surface area contributed by atoms with E-state index in [1.807, 2.05) is 0 Å². The van der Waals surface area contributed by atoms with Crippen molar-refractivity contribution >= 4 is 59.8 Å². The predicted molar refractivity (Wildman–Crippen MR) is 155 cm³/mol. The van der Waals surface area contributed by atoms with Gasteiger partial charge in [-0.2, -0.15) is 0 Å². The number of rotatable bonds is 1. The van der Waals surface area contributed by atoms with Gasteiger partial charge in [-0.25, -0.2) is 4.57 Å². The van der Waals surface area contributed by atoms with Crippen LogP contribution < -0.4 is 4.57 Å². The molecule has 0 bridgehead atoms. The van der Waals surface area contributed by atoms with Crippen molar-refractivity contribution in [2.75, 3.05) is 0 Å². The molecule has 2 nitrogen and oxygen atoms in total. The van der Waals surface area contributed by atoms with Crippen LogP contribution >= 0.6 is 0 Å². The molecule has 2 heteroatoms. The van der Waals surface area contributed by atoms with Crippen molar-refractivity contribution in [2.45, 2.75) is 48.0 Å². The predicted octanol–water partition coefficient (Wildman–Crippen LogP) is 8.48. The molecule has 0 aliphatic carbocycles. The van der Waals surface area contributed by atoms with Gasteiger partial charge in [0.15, 0.2) is 6.20 Å². The van der Waals surface area contributed by atoms with Crippen molar-refractivity contribution in [3.05, 3.63) is 83.0 Å². The third kappa shape index (κ3) is 2.76. The summed E-state index contributed by atoms with van der Waals surface area (Å²) in [6, 6.07) is 21.0. The first-order valence-electron chi connectivity index (χ1n) is 13.1. The van der Waals surface area contributed by atoms with Crippen LogP contribution in [0.5, 0.6) is 0 Å². The maximum absolute atomic E-state index is 2.58. The van der Waals surface area contributed by atoms with Gasteiger partial charge >= 0.3 is 0 Å². The summed E-state index contributed by atoms with van der Waals surface area (Å²) in [6.45, 7) is 13.8. The zero-order valence-electron chi connectivity index (χ0n) is 22.4. The quantitative estimate of drug-likeness (QED) is 0.129. The number of pyridine rings is 2. The zero-order valence-corrected chi connectivity index (χ0v) is 22.4. The Balaban J connectivity index is 1.81. The lowest BCUT2D eigenvalue weighted by atomic mass is 9.86. The van der Waals surface area contributed by atoms with Crippen LogP contribution in [-0.2, 0) is 13.5 Å². The van der Waals surface area contributed by atoms with Crippen molar-refractivity contribution < 1.29 is 4.57 Å². The van der Waals surface area contributed by atoms with Gasteiger partial charge in [-0.05, 0) is 77.1 Å². The molecule has 36 heavy (non-hydrogen) atoms. The molecule has 0 fully saturated rings. The van der Waals surface area contributed by atoms with Gasteiger partial charge in [-0.3, -0.25) is 0 Å². The molecule has 0 saturated heterocycles. The van der Waals surface area contributed by atoms with E-state index in [2.05, 4.69) is 118 Å². The molecule has 3 aromatic heterocycles. The second kappa shape index (κ2) is 6.97. The Morgan fingerprint density at radius 1 is 0.722 bits per heavy atom. The van der Waals surface area contributed by atoms with Gasteiger partial charge < -0.3 is 4.40 Å². The minimum atomic E-state index is 0.259. The van der Waals surface area contributed by atoms with Gasteiger partial charge in [-0.15, -0.1) is 0 Å². The molecule has 7 rings (SSSR count). The van der Waals surface area contributed by atoms with Crippen molar-refractivity contribution in [1.82, 2.24) is 4.40 Å². The highest BCUT2D eigenvalue weighted by Crippen LogP contribution is 2.44. The van der Waals surface area contributed by atoms with Gasteiger partial charge in [0.25, 0.3) is 0 Å². The average Bonchev–Trinajstić information content (AvgIpc) is 3.15. The second-order valence-corrected chi connectivity index (χ2v) is 12.1. The molecule has 4 aromatic carbocycles. The Kier molecular flexibility index (Phi) is 4.19. The topological polar surface area (TPSA) is 8.29 Å². The molecule has 3 heterocycles. The number of aromatic nitrogens is 2. The highest BCUT2D eigenvalue weighted by atomic mass is 15.0. The Morgan fingerprint density at radius 3 is 2.25 bits per heavy atom. The van der Waals surface area contributed by atoms with E-state index in [0.29, 0.717) is 0 Å². The van der Waals surface area contributed by atoms with E-state index in [-0.39, 0.29) is 5.41 Å². The van der Waals surface area contributed by atoms with Crippen molar-refractivity contribution in [3.8, 4) is 0 Å². The molecule has 0 spiro atoms. The summed E-state index contributed by atoms with van der Waals surface area (Å²) in [7, 11) is 2.20. The number of aryl methyl sites for hydroxylation is 4. The zero-order chi connectivity index (χ0) is 25.1. The molecule has 7 aromatic rings. The van der Waals surface area contributed by atoms with Gasteiger partial charge in [0.1, 0.15) is 7.05 Å². The Labute approximate surface area is 212 Å². The third-order valence-corrected chi connectivity index (χ3v) is 8.24. The standard InChI is InChI=1S/C34H33N2/c1-19-8-11-25-26-13-10-23-14-15-35(7)33-29-20(2)27-17-22(18-34(4,5)6)9-12-24(27)21(3)31(29)36(28(25)16-19)32(26)30(23)33/h8-17H,18H2,1-7H3/q+1. The number of nitrogens with zero attached hydrogens (tertiary/aromatic N) is 2. The lowest BCUT2D eigenvalue weighted by Gasteiger charge is -2.20. The average molecular weight is 470 g/mol. The van der Waals surface area contributed by atoms with Crippen LogP contribution in [0.1, 0.15) is 43.0 Å². The molecule has 0 aliphatic heterocycles. The third-order valence-electron chi connectivity index (χ3n) is 8.24. The summed E-state index contributed by atoms with van der Waals surface area (Å²) in [5, 5.41) is 9.47. The Hall–Kier alpha value is -3.65. The van der Waals surface area contributed by atoms with Gasteiger partial charge in [0.2, 0.25) is 5.52 Å². The van der Waals surface area contributed by atoms with Crippen LogP contribution in [0, 0.1) is 26.2 Å². The largest absolute Gasteiger partial charge is 0.307 e. The molecule has 0 unspecified atom stereocenters. The fraction of sp³-hybridized carbons (Fsp3) is 0.265. The Bertz CT molecular complexity index is 2030. The van der Waals surface area contributed by atoms with E-state index < -0.39 is 0 Å². The van der Waals surface area contributed by atoms with Crippen molar-refractivity contribution in [2.24, 2.45) is 12.5 Å². The van der Waals surface area contributed by atoms with E-state index in [0.717, 1.165) is 6.42 Å². The SMILES string of the molecule is Cc1ccc2c3ccc4cc[n+](C)c5c6c(C)c7cc(CC(C)(C)C)ccc7c(C)c6n(c2c1)c3c45. The van der Waals surface area contributed by atoms with E-state index >= 15 is 0 Å². The fourth-order valence-electron chi connectivity index (χ4n) is 6.74. The maximum Gasteiger partial charge on any atom is 0.224 e. The van der Waals surface area contributed by atoms with Crippen molar-refractivity contribution in [3.63, 3.8) is 0 Å². The lowest BCUT2D eigenvalue weighted by molar-refractivity contribution is -0.643. The van der Waals surface area contributed by atoms with Gasteiger partial charge in [0, 0.05) is 16.8 Å². The number of fused-ring (bicyclic) bond motifs is 7. The lowest BCUT2D eigenvalue weighted by Crippen LogP contribution is -2.29. The summed E-state index contributed by atoms with van der Waals surface area (Å²) < 4.78 is 4.91. The first kappa shape index (κ1) is 21.6. The molecule has 0 atom stereocenters. The Morgan fingerprint density at radius 2 is 1.47 bits per heavy atom. The van der Waals surface area contributed by atoms with Gasteiger partial charge in [-0.1, -0.05) is 63.2 Å². The van der Waals surface area contributed by atoms with Crippen LogP contribution in [0.3, 0.4) is 0 Å². The summed E-state index contributed by atoms with van der Waals surface area (Å²) in [4.78, 5) is 0. The van der Waals surface area contributed by atoms with Crippen LogP contribution in [0.2, 0.25) is 0 Å². The molecule has 0 saturated carbocycles. The minimum absolute atomic E-state index is 0.259. The summed E-state index contributed by atoms with van der Waals surface area (Å²) in [5.74, 6) is 0. The number of hydrogen-bond acceptors (Lipinski definition) is 0. The normalized spacial score (nSPS) is 13.0. The molecule has 0 N–H and O–H groups in total.